The van der Waals surface area contributed by atoms with E-state index >= 15 is 0 Å². The summed E-state index contributed by atoms with van der Waals surface area (Å²) in [7, 11) is 0. The van der Waals surface area contributed by atoms with E-state index in [0.717, 1.165) is 0 Å². The third kappa shape index (κ3) is 6.66. The first-order valence-electron chi connectivity index (χ1n) is 15.8. The van der Waals surface area contributed by atoms with E-state index in [2.05, 4.69) is 209 Å². The Bertz CT molecular complexity index is 1750. The minimum absolute atomic E-state index is 0.171. The average Bonchev–Trinajstić information content (AvgIpc) is 3.09. The van der Waals surface area contributed by atoms with Crippen molar-refractivity contribution in [3.05, 3.63) is 214 Å². The van der Waals surface area contributed by atoms with Crippen LogP contribution >= 0.6 is 0 Å². The SMILES string of the molecule is CC(C)(C)c1ccc(/C=C/c2ccc(/C=C/c3ccc(C(c4ccccc4)(c4ccccc4)c4ccccc4)cc3)cc2)cc1. The lowest BCUT2D eigenvalue weighted by Crippen LogP contribution is -2.30. The Kier molecular flexibility index (Phi) is 8.76. The first kappa shape index (κ1) is 29.9. The Morgan fingerprint density at radius 1 is 0.289 bits per heavy atom. The molecule has 0 aliphatic carbocycles. The van der Waals surface area contributed by atoms with Crippen LogP contribution in [0, 0.1) is 0 Å². The molecule has 0 aliphatic heterocycles. The lowest BCUT2D eigenvalue weighted by Gasteiger charge is -2.37. The van der Waals surface area contributed by atoms with Gasteiger partial charge >= 0.3 is 0 Å². The summed E-state index contributed by atoms with van der Waals surface area (Å²) in [6.07, 6.45) is 8.74. The molecule has 220 valence electrons. The number of benzene rings is 6. The molecule has 0 heterocycles. The molecule has 0 fully saturated rings. The maximum Gasteiger partial charge on any atom is 0.0701 e. The van der Waals surface area contributed by atoms with E-state index in [1.54, 1.807) is 0 Å². The highest BCUT2D eigenvalue weighted by atomic mass is 14.4. The molecular weight excluding hydrogens is 540 g/mol. The normalized spacial score (nSPS) is 12.2. The van der Waals surface area contributed by atoms with Gasteiger partial charge in [0.25, 0.3) is 0 Å². The lowest BCUT2D eigenvalue weighted by molar-refractivity contribution is 0.590. The van der Waals surface area contributed by atoms with Crippen LogP contribution in [0.4, 0.5) is 0 Å². The predicted octanol–water partition coefficient (Wildman–Crippen LogP) is 11.7. The Morgan fingerprint density at radius 2 is 0.533 bits per heavy atom. The van der Waals surface area contributed by atoms with Gasteiger partial charge < -0.3 is 0 Å². The van der Waals surface area contributed by atoms with Crippen molar-refractivity contribution >= 4 is 24.3 Å². The van der Waals surface area contributed by atoms with Crippen molar-refractivity contribution < 1.29 is 0 Å². The highest BCUT2D eigenvalue weighted by Gasteiger charge is 2.37. The Balaban J connectivity index is 1.24. The quantitative estimate of drug-likeness (QED) is 0.124. The zero-order valence-corrected chi connectivity index (χ0v) is 26.4. The second kappa shape index (κ2) is 13.2. The monoisotopic (exact) mass is 580 g/mol. The predicted molar refractivity (Wildman–Crippen MR) is 194 cm³/mol. The molecule has 0 saturated carbocycles. The van der Waals surface area contributed by atoms with Gasteiger partial charge in [-0.15, -0.1) is 0 Å². The van der Waals surface area contributed by atoms with Crippen molar-refractivity contribution in [3.63, 3.8) is 0 Å². The molecule has 0 saturated heterocycles. The molecule has 0 spiro atoms. The maximum absolute atomic E-state index is 2.29. The van der Waals surface area contributed by atoms with Gasteiger partial charge in [0, 0.05) is 0 Å². The van der Waals surface area contributed by atoms with Crippen LogP contribution in [-0.4, -0.2) is 0 Å². The summed E-state index contributed by atoms with van der Waals surface area (Å²) in [6, 6.07) is 59.2. The molecular formula is C45H40. The zero-order valence-electron chi connectivity index (χ0n) is 26.4. The topological polar surface area (TPSA) is 0 Å². The summed E-state index contributed by atoms with van der Waals surface area (Å²) in [5.41, 5.74) is 10.9. The Hall–Kier alpha value is -5.20. The fourth-order valence-electron chi connectivity index (χ4n) is 6.11. The van der Waals surface area contributed by atoms with Crippen LogP contribution < -0.4 is 0 Å². The van der Waals surface area contributed by atoms with Gasteiger partial charge in [-0.05, 0) is 55.5 Å². The summed E-state index contributed by atoms with van der Waals surface area (Å²) >= 11 is 0. The first-order chi connectivity index (χ1) is 21.9. The van der Waals surface area contributed by atoms with E-state index in [1.165, 1.54) is 50.1 Å². The minimum atomic E-state index is -0.427. The fraction of sp³-hybridized carbons (Fsp3) is 0.111. The van der Waals surface area contributed by atoms with Crippen molar-refractivity contribution in [2.45, 2.75) is 31.6 Å². The summed E-state index contributed by atoms with van der Waals surface area (Å²) in [6.45, 7) is 6.74. The van der Waals surface area contributed by atoms with Crippen LogP contribution in [0.5, 0.6) is 0 Å². The van der Waals surface area contributed by atoms with Gasteiger partial charge in [-0.1, -0.05) is 209 Å². The lowest BCUT2D eigenvalue weighted by atomic mass is 9.65. The fourth-order valence-corrected chi connectivity index (χ4v) is 6.11. The molecule has 0 bridgehead atoms. The standard InChI is InChI=1S/C45H40/c1-44(2,3)39-31-27-37(28-32-39)25-23-35-19-21-36(22-20-35)24-26-38-29-33-43(34-30-38)45(40-13-7-4-8-14-40,41-15-9-5-10-16-41)42-17-11-6-12-18-42/h4-34H,1-3H3/b25-23+,26-24+. The summed E-state index contributed by atoms with van der Waals surface area (Å²) in [4.78, 5) is 0. The van der Waals surface area contributed by atoms with Crippen molar-refractivity contribution in [1.82, 2.24) is 0 Å². The van der Waals surface area contributed by atoms with Gasteiger partial charge in [-0.3, -0.25) is 0 Å². The highest BCUT2D eigenvalue weighted by molar-refractivity contribution is 5.73. The third-order valence-electron chi connectivity index (χ3n) is 8.61. The van der Waals surface area contributed by atoms with E-state index in [-0.39, 0.29) is 5.41 Å². The molecule has 0 N–H and O–H groups in total. The molecule has 0 radical (unpaired) electrons. The van der Waals surface area contributed by atoms with Crippen LogP contribution in [0.25, 0.3) is 24.3 Å². The largest absolute Gasteiger partial charge is 0.0701 e. The van der Waals surface area contributed by atoms with Gasteiger partial charge in [0.15, 0.2) is 0 Å². The smallest absolute Gasteiger partial charge is 0.0622 e. The Morgan fingerprint density at radius 3 is 0.822 bits per heavy atom. The van der Waals surface area contributed by atoms with Crippen molar-refractivity contribution in [2.75, 3.05) is 0 Å². The maximum atomic E-state index is 2.29. The molecule has 6 aromatic rings. The molecule has 0 heteroatoms. The summed E-state index contributed by atoms with van der Waals surface area (Å²) in [5, 5.41) is 0. The van der Waals surface area contributed by atoms with Crippen LogP contribution in [0.15, 0.2) is 164 Å². The van der Waals surface area contributed by atoms with E-state index in [9.17, 15) is 0 Å². The molecule has 0 atom stereocenters. The van der Waals surface area contributed by atoms with Crippen LogP contribution in [0.1, 0.15) is 70.8 Å². The van der Waals surface area contributed by atoms with Gasteiger partial charge in [0.2, 0.25) is 0 Å². The van der Waals surface area contributed by atoms with Crippen molar-refractivity contribution in [1.29, 1.82) is 0 Å². The number of rotatable bonds is 8. The second-order valence-corrected chi connectivity index (χ2v) is 12.7. The Labute approximate surface area is 269 Å². The third-order valence-corrected chi connectivity index (χ3v) is 8.61. The molecule has 45 heavy (non-hydrogen) atoms. The summed E-state index contributed by atoms with van der Waals surface area (Å²) < 4.78 is 0. The molecule has 0 amide bonds. The van der Waals surface area contributed by atoms with E-state index in [4.69, 9.17) is 0 Å². The molecule has 0 nitrogen and oxygen atoms in total. The average molecular weight is 581 g/mol. The minimum Gasteiger partial charge on any atom is -0.0622 e. The van der Waals surface area contributed by atoms with Crippen LogP contribution in [0.2, 0.25) is 0 Å². The van der Waals surface area contributed by atoms with Gasteiger partial charge in [-0.25, -0.2) is 0 Å². The van der Waals surface area contributed by atoms with Crippen molar-refractivity contribution in [3.8, 4) is 0 Å². The van der Waals surface area contributed by atoms with Crippen molar-refractivity contribution in [2.24, 2.45) is 0 Å². The van der Waals surface area contributed by atoms with Gasteiger partial charge in [-0.2, -0.15) is 0 Å². The van der Waals surface area contributed by atoms with E-state index in [1.807, 2.05) is 0 Å². The summed E-state index contributed by atoms with van der Waals surface area (Å²) in [5.74, 6) is 0. The van der Waals surface area contributed by atoms with E-state index in [0.29, 0.717) is 0 Å². The molecule has 0 aliphatic rings. The first-order valence-corrected chi connectivity index (χ1v) is 15.8. The van der Waals surface area contributed by atoms with Gasteiger partial charge in [0.1, 0.15) is 0 Å². The van der Waals surface area contributed by atoms with Crippen LogP contribution in [0.3, 0.4) is 0 Å². The molecule has 0 unspecified atom stereocenters. The highest BCUT2D eigenvalue weighted by Crippen LogP contribution is 2.45. The van der Waals surface area contributed by atoms with E-state index < -0.39 is 5.41 Å². The van der Waals surface area contributed by atoms with Crippen LogP contribution in [-0.2, 0) is 10.8 Å². The number of hydrogen-bond donors (Lipinski definition) is 0. The zero-order chi connectivity index (χ0) is 31.1. The van der Waals surface area contributed by atoms with Gasteiger partial charge in [0.05, 0.1) is 5.41 Å². The molecule has 6 aromatic carbocycles. The second-order valence-electron chi connectivity index (χ2n) is 12.7. The molecule has 0 aromatic heterocycles. The number of hydrogen-bond acceptors (Lipinski definition) is 0. The molecule has 6 rings (SSSR count).